The minimum absolute atomic E-state index is 0.0464. The third-order valence-electron chi connectivity index (χ3n) is 8.05. The van der Waals surface area contributed by atoms with Gasteiger partial charge >= 0.3 is 11.9 Å². The number of hydrogen-bond acceptors (Lipinski definition) is 12. The van der Waals surface area contributed by atoms with E-state index in [1.807, 2.05) is 0 Å². The number of ether oxygens (including phenoxy) is 6. The molecule has 0 saturated heterocycles. The molecule has 0 unspecified atom stereocenters. The van der Waals surface area contributed by atoms with Gasteiger partial charge in [-0.3, -0.25) is 19.2 Å². The van der Waals surface area contributed by atoms with Crippen LogP contribution in [0.5, 0.6) is 23.0 Å². The van der Waals surface area contributed by atoms with Crippen molar-refractivity contribution < 1.29 is 57.2 Å². The fourth-order valence-electron chi connectivity index (χ4n) is 5.39. The number of fused-ring (bicyclic) bond motifs is 2. The number of hydrogen-bond donors (Lipinski definition) is 2. The maximum Gasteiger partial charge on any atom is 0.340 e. The summed E-state index contributed by atoms with van der Waals surface area (Å²) in [4.78, 5) is 76.7. The Morgan fingerprint density at radius 3 is 1.34 bits per heavy atom. The van der Waals surface area contributed by atoms with Gasteiger partial charge in [0.1, 0.15) is 26.4 Å². The van der Waals surface area contributed by atoms with E-state index in [4.69, 9.17) is 28.4 Å². The molecule has 0 fully saturated rings. The predicted molar refractivity (Wildman–Crippen MR) is 188 cm³/mol. The lowest BCUT2D eigenvalue weighted by Gasteiger charge is -2.18. The molecular weight excluding hydrogens is 688 g/mol. The number of rotatable bonds is 14. The molecule has 272 valence electrons. The van der Waals surface area contributed by atoms with E-state index in [0.717, 1.165) is 0 Å². The van der Waals surface area contributed by atoms with Gasteiger partial charge in [-0.1, -0.05) is 24.3 Å². The van der Waals surface area contributed by atoms with E-state index >= 15 is 0 Å². The molecule has 0 spiro atoms. The van der Waals surface area contributed by atoms with E-state index in [-0.39, 0.29) is 52.9 Å². The van der Waals surface area contributed by atoms with Gasteiger partial charge in [-0.15, -0.1) is 0 Å². The normalized spacial score (nSPS) is 12.5. The van der Waals surface area contributed by atoms with Crippen molar-refractivity contribution in [2.75, 3.05) is 50.3 Å². The van der Waals surface area contributed by atoms with Crippen molar-refractivity contribution in [3.63, 3.8) is 0 Å². The number of ketones is 2. The summed E-state index contributed by atoms with van der Waals surface area (Å²) in [5, 5.41) is 5.31. The Labute approximate surface area is 303 Å². The van der Waals surface area contributed by atoms with Gasteiger partial charge in [0.25, 0.3) is 0 Å². The van der Waals surface area contributed by atoms with Gasteiger partial charge in [0, 0.05) is 24.0 Å². The quantitative estimate of drug-likeness (QED) is 0.131. The maximum absolute atomic E-state index is 12.9. The first kappa shape index (κ1) is 36.1. The van der Waals surface area contributed by atoms with E-state index in [0.29, 0.717) is 49.4 Å². The fourth-order valence-corrected chi connectivity index (χ4v) is 5.39. The van der Waals surface area contributed by atoms with Crippen LogP contribution in [0.4, 0.5) is 11.4 Å². The number of esters is 2. The molecule has 53 heavy (non-hydrogen) atoms. The molecule has 2 aliphatic rings. The SMILES string of the molecule is O=C(CCCC(=O)Nc1ccccc1C(=O)OCC(=O)c1ccc2c(c1)OCCO2)Nc1ccccc1C(=O)OCC(=O)c1ccc2c(c1)OCCO2. The lowest BCUT2D eigenvalue weighted by molar-refractivity contribution is -0.117. The van der Waals surface area contributed by atoms with Crippen LogP contribution in [0.25, 0.3) is 0 Å². The minimum Gasteiger partial charge on any atom is -0.486 e. The topological polar surface area (TPSA) is 182 Å². The molecule has 0 aliphatic carbocycles. The number of carbonyl (C=O) groups is 6. The highest BCUT2D eigenvalue weighted by atomic mass is 16.6. The number of para-hydroxylation sites is 2. The van der Waals surface area contributed by atoms with Crippen LogP contribution in [0, 0.1) is 0 Å². The summed E-state index contributed by atoms with van der Waals surface area (Å²) in [6.07, 6.45) is 0.0150. The first-order valence-corrected chi connectivity index (χ1v) is 16.7. The molecule has 2 heterocycles. The van der Waals surface area contributed by atoms with Gasteiger partial charge in [0.15, 0.2) is 47.8 Å². The first-order chi connectivity index (χ1) is 25.7. The summed E-state index contributed by atoms with van der Waals surface area (Å²) in [7, 11) is 0. The Bertz CT molecular complexity index is 1910. The number of carbonyl (C=O) groups excluding carboxylic acids is 6. The zero-order valence-corrected chi connectivity index (χ0v) is 28.3. The molecule has 2 N–H and O–H groups in total. The standard InChI is InChI=1S/C39H34N2O12/c42-30(24-12-14-32-34(20-24)50-18-16-48-32)22-52-38(46)26-6-1-3-8-28(26)40-36(44)10-5-11-37(45)41-29-9-4-2-7-27(29)39(47)53-23-31(43)25-13-15-33-35(21-25)51-19-17-49-33/h1-4,6-9,12-15,20-21H,5,10-11,16-19,22-23H2,(H,40,44)(H,41,45). The van der Waals surface area contributed by atoms with Crippen molar-refractivity contribution in [1.29, 1.82) is 0 Å². The van der Waals surface area contributed by atoms with E-state index in [2.05, 4.69) is 10.6 Å². The Hall–Kier alpha value is -6.70. The highest BCUT2D eigenvalue weighted by molar-refractivity contribution is 6.05. The zero-order valence-electron chi connectivity index (χ0n) is 28.3. The second kappa shape index (κ2) is 17.0. The molecule has 0 radical (unpaired) electrons. The summed E-state index contributed by atoms with van der Waals surface area (Å²) in [5.41, 5.74) is 1.03. The summed E-state index contributed by atoms with van der Waals surface area (Å²) in [6.45, 7) is 0.481. The summed E-state index contributed by atoms with van der Waals surface area (Å²) in [6, 6.07) is 21.8. The molecule has 0 atom stereocenters. The average Bonchev–Trinajstić information content (AvgIpc) is 3.18. The van der Waals surface area contributed by atoms with Crippen LogP contribution in [0.2, 0.25) is 0 Å². The second-order valence-electron chi connectivity index (χ2n) is 11.8. The average molecular weight is 723 g/mol. The molecule has 2 amide bonds. The Morgan fingerprint density at radius 2 is 0.906 bits per heavy atom. The largest absolute Gasteiger partial charge is 0.486 e. The van der Waals surface area contributed by atoms with Crippen LogP contribution < -0.4 is 29.6 Å². The van der Waals surface area contributed by atoms with Crippen molar-refractivity contribution >= 4 is 46.7 Å². The van der Waals surface area contributed by atoms with E-state index < -0.39 is 48.5 Å². The van der Waals surface area contributed by atoms with Crippen molar-refractivity contribution in [2.24, 2.45) is 0 Å². The monoisotopic (exact) mass is 722 g/mol. The molecule has 2 aliphatic heterocycles. The van der Waals surface area contributed by atoms with Gasteiger partial charge in [0.2, 0.25) is 11.8 Å². The van der Waals surface area contributed by atoms with Gasteiger partial charge in [0.05, 0.1) is 22.5 Å². The molecule has 6 rings (SSSR count). The number of amides is 2. The van der Waals surface area contributed by atoms with Crippen molar-refractivity contribution in [1.82, 2.24) is 0 Å². The van der Waals surface area contributed by atoms with Gasteiger partial charge in [-0.05, 0) is 67.1 Å². The van der Waals surface area contributed by atoms with E-state index in [1.54, 1.807) is 48.5 Å². The van der Waals surface area contributed by atoms with Gasteiger partial charge < -0.3 is 39.1 Å². The second-order valence-corrected chi connectivity index (χ2v) is 11.8. The number of anilines is 2. The highest BCUT2D eigenvalue weighted by Crippen LogP contribution is 2.32. The Balaban J connectivity index is 0.951. The van der Waals surface area contributed by atoms with Crippen LogP contribution in [-0.4, -0.2) is 75.0 Å². The lowest BCUT2D eigenvalue weighted by atomic mass is 10.1. The highest BCUT2D eigenvalue weighted by Gasteiger charge is 2.21. The Kier molecular flexibility index (Phi) is 11.6. The lowest BCUT2D eigenvalue weighted by Crippen LogP contribution is -2.20. The van der Waals surface area contributed by atoms with Gasteiger partial charge in [-0.25, -0.2) is 9.59 Å². The molecule has 0 saturated carbocycles. The number of benzene rings is 4. The third-order valence-corrected chi connectivity index (χ3v) is 8.05. The smallest absolute Gasteiger partial charge is 0.340 e. The summed E-state index contributed by atoms with van der Waals surface area (Å²) >= 11 is 0. The number of nitrogens with one attached hydrogen (secondary N) is 2. The summed E-state index contributed by atoms with van der Waals surface area (Å²) in [5.74, 6) is -1.51. The van der Waals surface area contributed by atoms with E-state index in [9.17, 15) is 28.8 Å². The molecule has 0 aromatic heterocycles. The molecule has 4 aromatic rings. The third kappa shape index (κ3) is 9.35. The maximum atomic E-state index is 12.9. The molecular formula is C39H34N2O12. The Morgan fingerprint density at radius 1 is 0.509 bits per heavy atom. The molecule has 14 nitrogen and oxygen atoms in total. The first-order valence-electron chi connectivity index (χ1n) is 16.7. The van der Waals surface area contributed by atoms with Crippen molar-refractivity contribution in [3.05, 3.63) is 107 Å². The molecule has 14 heteroatoms. The molecule has 4 aromatic carbocycles. The van der Waals surface area contributed by atoms with E-state index in [1.165, 1.54) is 36.4 Å². The van der Waals surface area contributed by atoms with Crippen LogP contribution >= 0.6 is 0 Å². The van der Waals surface area contributed by atoms with Crippen LogP contribution in [-0.2, 0) is 19.1 Å². The van der Waals surface area contributed by atoms with Crippen LogP contribution in [0.1, 0.15) is 60.7 Å². The fraction of sp³-hybridized carbons (Fsp3) is 0.231. The van der Waals surface area contributed by atoms with Crippen molar-refractivity contribution in [2.45, 2.75) is 19.3 Å². The van der Waals surface area contributed by atoms with Crippen LogP contribution in [0.3, 0.4) is 0 Å². The van der Waals surface area contributed by atoms with Crippen LogP contribution in [0.15, 0.2) is 84.9 Å². The number of Topliss-reactive ketones (excluding diaryl/α,β-unsaturated/α-hetero) is 2. The summed E-state index contributed by atoms with van der Waals surface area (Å²) < 4.78 is 32.4. The predicted octanol–water partition coefficient (Wildman–Crippen LogP) is 5.06. The van der Waals surface area contributed by atoms with Gasteiger partial charge in [-0.2, -0.15) is 0 Å². The zero-order chi connectivity index (χ0) is 37.2. The minimum atomic E-state index is -0.809. The van der Waals surface area contributed by atoms with Crippen molar-refractivity contribution in [3.8, 4) is 23.0 Å². The molecule has 0 bridgehead atoms.